The highest BCUT2D eigenvalue weighted by atomic mass is 35.5. The van der Waals surface area contributed by atoms with Crippen LogP contribution in [0.3, 0.4) is 0 Å². The van der Waals surface area contributed by atoms with Crippen molar-refractivity contribution in [2.24, 2.45) is 0 Å². The van der Waals surface area contributed by atoms with Crippen LogP contribution in [0.1, 0.15) is 40.5 Å². The van der Waals surface area contributed by atoms with E-state index in [0.29, 0.717) is 28.4 Å². The summed E-state index contributed by atoms with van der Waals surface area (Å²) in [4.78, 5) is 9.07. The van der Waals surface area contributed by atoms with Gasteiger partial charge in [-0.05, 0) is 33.6 Å². The fourth-order valence-electron chi connectivity index (χ4n) is 3.63. The van der Waals surface area contributed by atoms with Crippen LogP contribution >= 0.6 is 23.4 Å². The van der Waals surface area contributed by atoms with E-state index in [9.17, 15) is 0 Å². The van der Waals surface area contributed by atoms with Crippen LogP contribution in [0.25, 0.3) is 0 Å². The molecule has 3 rings (SSSR count). The van der Waals surface area contributed by atoms with E-state index in [2.05, 4.69) is 27.5 Å². The molecule has 1 aliphatic carbocycles. The number of rotatable bonds is 8. The Balaban J connectivity index is 1.84. The first-order valence-electron chi connectivity index (χ1n) is 9.50. The largest absolute Gasteiger partial charge is 0.383 e. The van der Waals surface area contributed by atoms with Gasteiger partial charge in [0.05, 0.1) is 12.1 Å². The molecule has 1 aromatic rings. The Morgan fingerprint density at radius 2 is 2.00 bits per heavy atom. The van der Waals surface area contributed by atoms with E-state index < -0.39 is 5.79 Å². The molecule has 1 aliphatic heterocycles. The molecule has 0 radical (unpaired) electrons. The summed E-state index contributed by atoms with van der Waals surface area (Å²) in [5.41, 5.74) is 0.687. The van der Waals surface area contributed by atoms with Crippen LogP contribution in [0.5, 0.6) is 0 Å². The van der Waals surface area contributed by atoms with Gasteiger partial charge in [-0.15, -0.1) is 0 Å². The van der Waals surface area contributed by atoms with Crippen LogP contribution in [0.2, 0.25) is 5.15 Å². The zero-order valence-electron chi connectivity index (χ0n) is 16.5. The Kier molecular flexibility index (Phi) is 6.74. The molecular weight excluding hydrogens is 388 g/mol. The molecule has 0 aromatic carbocycles. The third-order valence-corrected chi connectivity index (χ3v) is 5.97. The molecule has 0 unspecified atom stereocenters. The van der Waals surface area contributed by atoms with Crippen LogP contribution in [-0.4, -0.2) is 59.5 Å². The van der Waals surface area contributed by atoms with E-state index in [1.807, 2.05) is 27.8 Å². The first-order chi connectivity index (χ1) is 12.9. The average Bonchev–Trinajstić information content (AvgIpc) is 3.08. The van der Waals surface area contributed by atoms with Crippen molar-refractivity contribution in [2.45, 2.75) is 75.8 Å². The smallest absolute Gasteiger partial charge is 0.191 e. The zero-order valence-corrected chi connectivity index (χ0v) is 18.1. The van der Waals surface area contributed by atoms with E-state index >= 15 is 0 Å². The molecule has 27 heavy (non-hydrogen) atoms. The molecule has 0 amide bonds. The van der Waals surface area contributed by atoms with Gasteiger partial charge in [-0.2, -0.15) is 0 Å². The maximum absolute atomic E-state index is 6.39. The molecule has 2 N–H and O–H groups in total. The molecule has 1 saturated carbocycles. The van der Waals surface area contributed by atoms with E-state index in [1.165, 1.54) is 0 Å². The van der Waals surface area contributed by atoms with Crippen molar-refractivity contribution in [3.63, 3.8) is 0 Å². The second-order valence-electron chi connectivity index (χ2n) is 7.16. The Labute approximate surface area is 170 Å². The van der Waals surface area contributed by atoms with Gasteiger partial charge >= 0.3 is 0 Å². The summed E-state index contributed by atoms with van der Waals surface area (Å²) >= 11 is 7.99. The van der Waals surface area contributed by atoms with Gasteiger partial charge in [-0.3, -0.25) is 0 Å². The second kappa shape index (κ2) is 8.69. The molecule has 2 heterocycles. The minimum atomic E-state index is -0.623. The molecule has 152 valence electrons. The Morgan fingerprint density at radius 1 is 1.26 bits per heavy atom. The number of nitrogens with one attached hydrogen (secondary N) is 2. The van der Waals surface area contributed by atoms with E-state index in [4.69, 9.17) is 25.8 Å². The maximum atomic E-state index is 6.39. The van der Waals surface area contributed by atoms with Gasteiger partial charge < -0.3 is 24.8 Å². The number of halogens is 1. The molecule has 2 aliphatic rings. The van der Waals surface area contributed by atoms with Crippen molar-refractivity contribution in [1.82, 2.24) is 9.97 Å². The van der Waals surface area contributed by atoms with Crippen LogP contribution in [-0.2, 0) is 14.2 Å². The molecule has 0 bridgehead atoms. The number of nitrogens with zero attached hydrogens (tertiary/aromatic N) is 2. The number of anilines is 2. The lowest BCUT2D eigenvalue weighted by molar-refractivity contribution is -0.166. The lowest BCUT2D eigenvalue weighted by atomic mass is 10.2. The van der Waals surface area contributed by atoms with Crippen LogP contribution in [0, 0.1) is 0 Å². The number of hydrogen-bond donors (Lipinski definition) is 2. The molecular formula is C18H29ClN4O3S. The summed E-state index contributed by atoms with van der Waals surface area (Å²) < 4.78 is 18.2. The second-order valence-corrected chi connectivity index (χ2v) is 8.58. The number of aromatic nitrogens is 2. The van der Waals surface area contributed by atoms with Crippen molar-refractivity contribution in [3.8, 4) is 0 Å². The summed E-state index contributed by atoms with van der Waals surface area (Å²) in [6.45, 7) is 8.64. The number of fused-ring (bicyclic) bond motifs is 1. The van der Waals surface area contributed by atoms with Crippen molar-refractivity contribution in [3.05, 3.63) is 5.15 Å². The molecule has 0 spiro atoms. The van der Waals surface area contributed by atoms with Gasteiger partial charge in [0.15, 0.2) is 21.9 Å². The Hall–Kier alpha value is -0.800. The standard InChI is InChI=1S/C18H29ClN4O3S/c1-6-8-27-17-22-15(19)12(20-5)16(23-17)21-10-9-11(24-7-2)14-13(10)25-18(3,4)26-14/h10-11,13-14,20H,6-9H2,1-5H3,(H,21,22,23)/t10-,11+,13+,14-/m1/s1. The summed E-state index contributed by atoms with van der Waals surface area (Å²) in [6, 6.07) is 0.00965. The topological polar surface area (TPSA) is 77.5 Å². The minimum Gasteiger partial charge on any atom is -0.383 e. The molecule has 4 atom stereocenters. The van der Waals surface area contributed by atoms with Gasteiger partial charge in [0, 0.05) is 19.4 Å². The Bertz CT molecular complexity index is 664. The highest BCUT2D eigenvalue weighted by Gasteiger charge is 2.54. The average molecular weight is 417 g/mol. The van der Waals surface area contributed by atoms with Crippen molar-refractivity contribution in [1.29, 1.82) is 0 Å². The molecule has 2 fully saturated rings. The van der Waals surface area contributed by atoms with Gasteiger partial charge in [0.2, 0.25) is 0 Å². The van der Waals surface area contributed by atoms with Crippen LogP contribution in [0.15, 0.2) is 5.16 Å². The Morgan fingerprint density at radius 3 is 2.67 bits per heavy atom. The molecule has 9 heteroatoms. The maximum Gasteiger partial charge on any atom is 0.191 e. The third-order valence-electron chi connectivity index (χ3n) is 4.65. The highest BCUT2D eigenvalue weighted by Crippen LogP contribution is 2.41. The van der Waals surface area contributed by atoms with Gasteiger partial charge in [0.1, 0.15) is 17.9 Å². The highest BCUT2D eigenvalue weighted by molar-refractivity contribution is 7.99. The number of hydrogen-bond acceptors (Lipinski definition) is 8. The number of thioether (sulfide) groups is 1. The van der Waals surface area contributed by atoms with Crippen LogP contribution < -0.4 is 10.6 Å². The summed E-state index contributed by atoms with van der Waals surface area (Å²) in [5.74, 6) is 1.01. The fraction of sp³-hybridized carbons (Fsp3) is 0.778. The first kappa shape index (κ1) is 20.9. The van der Waals surface area contributed by atoms with E-state index in [-0.39, 0.29) is 24.4 Å². The minimum absolute atomic E-state index is 0.00965. The van der Waals surface area contributed by atoms with Crippen LogP contribution in [0.4, 0.5) is 11.5 Å². The van der Waals surface area contributed by atoms with E-state index in [0.717, 1.165) is 18.6 Å². The lowest BCUT2D eigenvalue weighted by Crippen LogP contribution is -2.35. The third kappa shape index (κ3) is 4.62. The van der Waals surface area contributed by atoms with Gasteiger partial charge in [-0.25, -0.2) is 9.97 Å². The van der Waals surface area contributed by atoms with Crippen molar-refractivity contribution < 1.29 is 14.2 Å². The summed E-state index contributed by atoms with van der Waals surface area (Å²) in [5, 5.41) is 7.70. The molecule has 1 saturated heterocycles. The molecule has 1 aromatic heterocycles. The van der Waals surface area contributed by atoms with E-state index in [1.54, 1.807) is 11.8 Å². The van der Waals surface area contributed by atoms with Gasteiger partial charge in [0.25, 0.3) is 0 Å². The first-order valence-corrected chi connectivity index (χ1v) is 10.9. The van der Waals surface area contributed by atoms with Crippen molar-refractivity contribution >= 4 is 34.9 Å². The predicted molar refractivity (Wildman–Crippen MR) is 109 cm³/mol. The quantitative estimate of drug-likeness (QED) is 0.376. The zero-order chi connectivity index (χ0) is 19.6. The van der Waals surface area contributed by atoms with Crippen molar-refractivity contribution in [2.75, 3.05) is 30.0 Å². The monoisotopic (exact) mass is 416 g/mol. The lowest BCUT2D eigenvalue weighted by Gasteiger charge is -2.25. The number of ether oxygens (including phenoxy) is 3. The van der Waals surface area contributed by atoms with Gasteiger partial charge in [-0.1, -0.05) is 30.3 Å². The summed E-state index contributed by atoms with van der Waals surface area (Å²) in [6.07, 6.45) is 1.61. The predicted octanol–water partition coefficient (Wildman–Crippen LogP) is 3.78. The summed E-state index contributed by atoms with van der Waals surface area (Å²) in [7, 11) is 1.81. The fourth-order valence-corrected chi connectivity index (χ4v) is 4.64. The normalized spacial score (nSPS) is 29.0. The molecule has 7 nitrogen and oxygen atoms in total. The SMILES string of the molecule is CCCSc1nc(Cl)c(NC)c(N[C@@H]2C[C@H](OCC)[C@H]3OC(C)(C)O[C@H]32)n1.